The normalized spacial score (nSPS) is 20.1. The summed E-state index contributed by atoms with van der Waals surface area (Å²) in [5.74, 6) is -0.401. The summed E-state index contributed by atoms with van der Waals surface area (Å²) in [5, 5.41) is 18.0. The molecule has 2 atom stereocenters. The highest BCUT2D eigenvalue weighted by Gasteiger charge is 2.36. The summed E-state index contributed by atoms with van der Waals surface area (Å²) in [7, 11) is 0. The molecule has 0 N–H and O–H groups in total. The number of nitrogens with zero attached hydrogens (tertiary/aromatic N) is 8. The number of pyridine rings is 1. The first-order valence-corrected chi connectivity index (χ1v) is 11.3. The average molecular weight is 470 g/mol. The van der Waals surface area contributed by atoms with Gasteiger partial charge in [-0.3, -0.25) is 4.98 Å². The third kappa shape index (κ3) is 3.75. The molecule has 0 bridgehead atoms. The van der Waals surface area contributed by atoms with Crippen LogP contribution in [0.15, 0.2) is 73.1 Å². The highest BCUT2D eigenvalue weighted by molar-refractivity contribution is 5.66. The number of allylic oxidation sites excluding steroid dienone is 3. The lowest BCUT2D eigenvalue weighted by atomic mass is 9.89. The molecule has 1 aliphatic carbocycles. The van der Waals surface area contributed by atoms with Crippen LogP contribution in [0.1, 0.15) is 24.8 Å². The van der Waals surface area contributed by atoms with Gasteiger partial charge in [0.25, 0.3) is 0 Å². The van der Waals surface area contributed by atoms with E-state index in [9.17, 15) is 8.78 Å². The molecule has 0 amide bonds. The lowest BCUT2D eigenvalue weighted by molar-refractivity contribution is 0.361. The summed E-state index contributed by atoms with van der Waals surface area (Å²) in [5.41, 5.74) is 3.33. The third-order valence-electron chi connectivity index (χ3n) is 6.62. The predicted octanol–water partition coefficient (Wildman–Crippen LogP) is 4.54. The van der Waals surface area contributed by atoms with E-state index >= 15 is 0 Å². The Bertz CT molecular complexity index is 1530. The molecule has 1 saturated heterocycles. The van der Waals surface area contributed by atoms with Crippen molar-refractivity contribution >= 4 is 11.5 Å². The fourth-order valence-corrected chi connectivity index (χ4v) is 4.92. The molecule has 0 saturated carbocycles. The van der Waals surface area contributed by atoms with Gasteiger partial charge in [-0.2, -0.15) is 15.5 Å². The average Bonchev–Trinajstić information content (AvgIpc) is 3.64. The second kappa shape index (κ2) is 8.43. The zero-order valence-electron chi connectivity index (χ0n) is 18.6. The summed E-state index contributed by atoms with van der Waals surface area (Å²) >= 11 is 0. The van der Waals surface area contributed by atoms with E-state index in [1.54, 1.807) is 33.9 Å². The Morgan fingerprint density at radius 3 is 2.86 bits per heavy atom. The highest BCUT2D eigenvalue weighted by atomic mass is 19.1. The summed E-state index contributed by atoms with van der Waals surface area (Å²) in [6, 6.07) is 5.54. The Morgan fingerprint density at radius 2 is 1.97 bits per heavy atom. The van der Waals surface area contributed by atoms with E-state index < -0.39 is 5.92 Å². The summed E-state index contributed by atoms with van der Waals surface area (Å²) in [6.45, 7) is 0.723. The van der Waals surface area contributed by atoms with Crippen molar-refractivity contribution in [3.05, 3.63) is 78.7 Å². The first-order valence-electron chi connectivity index (χ1n) is 11.3. The van der Waals surface area contributed by atoms with Crippen molar-refractivity contribution in [2.75, 3.05) is 11.4 Å². The van der Waals surface area contributed by atoms with Crippen LogP contribution < -0.4 is 4.90 Å². The van der Waals surface area contributed by atoms with Crippen LogP contribution in [-0.4, -0.2) is 41.9 Å². The van der Waals surface area contributed by atoms with E-state index in [-0.39, 0.29) is 24.1 Å². The number of hydrogen-bond donors (Lipinski definition) is 0. The van der Waals surface area contributed by atoms with Crippen LogP contribution in [0.3, 0.4) is 0 Å². The van der Waals surface area contributed by atoms with Crippen molar-refractivity contribution < 1.29 is 8.78 Å². The minimum atomic E-state index is -0.517. The first kappa shape index (κ1) is 21.2. The van der Waals surface area contributed by atoms with Crippen LogP contribution in [0.5, 0.6) is 0 Å². The Balaban J connectivity index is 1.34. The van der Waals surface area contributed by atoms with Gasteiger partial charge < -0.3 is 4.90 Å². The maximum atomic E-state index is 14.6. The second-order valence-corrected chi connectivity index (χ2v) is 8.71. The maximum Gasteiger partial charge on any atom is 0.183 e. The number of nitriles is 1. The van der Waals surface area contributed by atoms with Gasteiger partial charge in [0.1, 0.15) is 29.2 Å². The molecule has 8 nitrogen and oxygen atoms in total. The summed E-state index contributed by atoms with van der Waals surface area (Å²) in [4.78, 5) is 11.0. The molecule has 10 heteroatoms. The molecule has 0 radical (unpaired) electrons. The number of rotatable bonds is 4. The Hall–Kier alpha value is -4.39. The molecule has 1 fully saturated rings. The van der Waals surface area contributed by atoms with Gasteiger partial charge in [-0.05, 0) is 37.1 Å². The first-order chi connectivity index (χ1) is 17.1. The van der Waals surface area contributed by atoms with Gasteiger partial charge in [0, 0.05) is 60.8 Å². The fraction of sp³-hybridized carbons (Fsp3) is 0.240. The lowest BCUT2D eigenvalue weighted by Gasteiger charge is -2.32. The van der Waals surface area contributed by atoms with E-state index in [2.05, 4.69) is 26.2 Å². The third-order valence-corrected chi connectivity index (χ3v) is 6.62. The van der Waals surface area contributed by atoms with Gasteiger partial charge in [-0.1, -0.05) is 0 Å². The molecule has 0 aromatic carbocycles. The minimum Gasteiger partial charge on any atom is -0.353 e. The van der Waals surface area contributed by atoms with Crippen molar-refractivity contribution in [2.45, 2.75) is 25.3 Å². The monoisotopic (exact) mass is 470 g/mol. The van der Waals surface area contributed by atoms with E-state index in [1.165, 1.54) is 18.3 Å². The molecule has 5 heterocycles. The maximum absolute atomic E-state index is 14.6. The van der Waals surface area contributed by atoms with E-state index in [4.69, 9.17) is 10.2 Å². The highest BCUT2D eigenvalue weighted by Crippen LogP contribution is 2.38. The van der Waals surface area contributed by atoms with Crippen LogP contribution in [0.25, 0.3) is 22.5 Å². The second-order valence-electron chi connectivity index (χ2n) is 8.71. The van der Waals surface area contributed by atoms with E-state index in [0.29, 0.717) is 22.7 Å². The Morgan fingerprint density at radius 1 is 1.06 bits per heavy atom. The number of halogens is 2. The molecule has 4 aromatic heterocycles. The molecule has 174 valence electrons. The van der Waals surface area contributed by atoms with Gasteiger partial charge >= 0.3 is 0 Å². The van der Waals surface area contributed by atoms with Crippen molar-refractivity contribution in [1.29, 1.82) is 5.26 Å². The molecule has 6 rings (SSSR count). The molecule has 35 heavy (non-hydrogen) atoms. The quantitative estimate of drug-likeness (QED) is 0.435. The van der Waals surface area contributed by atoms with Crippen LogP contribution in [0.2, 0.25) is 0 Å². The van der Waals surface area contributed by atoms with Crippen molar-refractivity contribution in [2.24, 2.45) is 5.92 Å². The topological polar surface area (TPSA) is 87.9 Å². The van der Waals surface area contributed by atoms with Crippen LogP contribution >= 0.6 is 0 Å². The number of anilines is 1. The predicted molar refractivity (Wildman–Crippen MR) is 125 cm³/mol. The molecule has 1 aliphatic heterocycles. The number of fused-ring (bicyclic) bond motifs is 1. The van der Waals surface area contributed by atoms with Gasteiger partial charge in [0.15, 0.2) is 5.65 Å². The van der Waals surface area contributed by atoms with Crippen LogP contribution in [0.4, 0.5) is 14.6 Å². The smallest absolute Gasteiger partial charge is 0.183 e. The van der Waals surface area contributed by atoms with Crippen molar-refractivity contribution in [3.63, 3.8) is 0 Å². The zero-order chi connectivity index (χ0) is 23.9. The van der Waals surface area contributed by atoms with Crippen LogP contribution in [0, 0.1) is 17.2 Å². The largest absolute Gasteiger partial charge is 0.353 e. The summed E-state index contributed by atoms with van der Waals surface area (Å²) in [6.07, 6.45) is 14.4. The number of aromatic nitrogens is 6. The molecule has 1 unspecified atom stereocenters. The fourth-order valence-electron chi connectivity index (χ4n) is 4.92. The van der Waals surface area contributed by atoms with Gasteiger partial charge in [-0.15, -0.1) is 0 Å². The lowest BCUT2D eigenvalue weighted by Crippen LogP contribution is -2.37. The minimum absolute atomic E-state index is 0.0710. The molecular weight excluding hydrogens is 450 g/mol. The van der Waals surface area contributed by atoms with E-state index in [1.807, 2.05) is 18.5 Å². The van der Waals surface area contributed by atoms with Gasteiger partial charge in [-0.25, -0.2) is 23.0 Å². The zero-order valence-corrected chi connectivity index (χ0v) is 18.6. The standard InChI is InChI=1S/C25H20F2N8/c26-19-3-4-21(27)20(9-19)22-2-1-6-33(22)24-5-7-34-25(32-24)23(14-31-34)35-15-18(13-30-35)17-8-16(10-28)11-29-12-17/h3-5,7-8,11-15,20,22H,1-2,6,9H2/t20?,22-/m0/s1. The molecular formula is C25H20F2N8. The van der Waals surface area contributed by atoms with Gasteiger partial charge in [0.2, 0.25) is 0 Å². The number of hydrogen-bond acceptors (Lipinski definition) is 6. The van der Waals surface area contributed by atoms with Crippen molar-refractivity contribution in [3.8, 4) is 22.9 Å². The Kier molecular flexibility index (Phi) is 5.10. The molecule has 2 aliphatic rings. The van der Waals surface area contributed by atoms with E-state index in [0.717, 1.165) is 30.5 Å². The van der Waals surface area contributed by atoms with Crippen LogP contribution in [-0.2, 0) is 0 Å². The SMILES string of the molecule is N#Cc1cncc(-c2cnn(-c3cnn4ccc(N5CCC[C@H]5C5CC(F)=CC=C5F)nc34)c2)c1. The van der Waals surface area contributed by atoms with Gasteiger partial charge in [0.05, 0.1) is 18.0 Å². The summed E-state index contributed by atoms with van der Waals surface area (Å²) < 4.78 is 31.9. The van der Waals surface area contributed by atoms with Crippen molar-refractivity contribution in [1.82, 2.24) is 29.4 Å². The molecule has 4 aromatic rings. The molecule has 0 spiro atoms. The Labute approximate surface area is 199 Å².